The van der Waals surface area contributed by atoms with E-state index in [1.165, 1.54) is 12.0 Å². The summed E-state index contributed by atoms with van der Waals surface area (Å²) in [6, 6.07) is 45.4. The molecule has 0 heterocycles. The van der Waals surface area contributed by atoms with Crippen LogP contribution in [0.1, 0.15) is 18.9 Å². The van der Waals surface area contributed by atoms with Crippen molar-refractivity contribution < 1.29 is 0 Å². The Hall–Kier alpha value is -2.32. The maximum absolute atomic E-state index is 3.25. The fourth-order valence-corrected chi connectivity index (χ4v) is 23.1. The molecule has 4 aromatic carbocycles. The van der Waals surface area contributed by atoms with E-state index in [4.69, 9.17) is 0 Å². The van der Waals surface area contributed by atoms with Crippen LogP contribution in [-0.4, -0.2) is 18.4 Å². The zero-order chi connectivity index (χ0) is 19.7. The molecule has 0 nitrogen and oxygen atoms in total. The van der Waals surface area contributed by atoms with Crippen LogP contribution in [0.15, 0.2) is 121 Å². The molecule has 5 rings (SSSR count). The van der Waals surface area contributed by atoms with E-state index in [0.29, 0.717) is 3.93 Å². The molecule has 0 amide bonds. The second-order valence-corrected chi connectivity index (χ2v) is 20.0. The van der Waals surface area contributed by atoms with E-state index in [9.17, 15) is 0 Å². The molecule has 1 aliphatic carbocycles. The van der Waals surface area contributed by atoms with Crippen LogP contribution in [0.5, 0.6) is 0 Å². The molecule has 0 N–H and O–H groups in total. The average Bonchev–Trinajstić information content (AvgIpc) is 3.50. The monoisotopic (exact) mass is 482 g/mol. The van der Waals surface area contributed by atoms with Crippen molar-refractivity contribution in [3.05, 3.63) is 127 Å². The summed E-state index contributed by atoms with van der Waals surface area (Å²) in [6.07, 6.45) is 1.27. The third kappa shape index (κ3) is 3.05. The van der Waals surface area contributed by atoms with Gasteiger partial charge >= 0.3 is 179 Å². The molecular weight excluding hydrogens is 455 g/mol. The minimum atomic E-state index is -3.25. The first-order valence-electron chi connectivity index (χ1n) is 10.5. The van der Waals surface area contributed by atoms with Gasteiger partial charge in [-0.3, -0.25) is 0 Å². The van der Waals surface area contributed by atoms with E-state index >= 15 is 0 Å². The zero-order valence-electron chi connectivity index (χ0n) is 16.8. The Morgan fingerprint density at radius 1 is 0.552 bits per heavy atom. The van der Waals surface area contributed by atoms with Crippen LogP contribution in [0.3, 0.4) is 0 Å². The maximum atomic E-state index is 2.49. The van der Waals surface area contributed by atoms with Gasteiger partial charge < -0.3 is 0 Å². The molecule has 1 aliphatic rings. The number of hydrogen-bond acceptors (Lipinski definition) is 0. The van der Waals surface area contributed by atoms with Gasteiger partial charge in [-0.15, -0.1) is 0 Å². The fraction of sp³-hybridized carbons (Fsp3) is 0.143. The van der Waals surface area contributed by atoms with Gasteiger partial charge in [0.25, 0.3) is 0 Å². The number of benzene rings is 4. The second kappa shape index (κ2) is 7.50. The first kappa shape index (κ1) is 18.7. The zero-order valence-corrected chi connectivity index (χ0v) is 19.7. The molecule has 2 atom stereocenters. The third-order valence-electron chi connectivity index (χ3n) is 6.88. The predicted octanol–water partition coefficient (Wildman–Crippen LogP) is 4.89. The van der Waals surface area contributed by atoms with Crippen molar-refractivity contribution in [2.75, 3.05) is 0 Å². The van der Waals surface area contributed by atoms with E-state index in [2.05, 4.69) is 128 Å². The predicted molar refractivity (Wildman–Crippen MR) is 126 cm³/mol. The van der Waals surface area contributed by atoms with Gasteiger partial charge in [0, 0.05) is 0 Å². The summed E-state index contributed by atoms with van der Waals surface area (Å²) in [7, 11) is 0. The van der Waals surface area contributed by atoms with Crippen molar-refractivity contribution in [1.29, 1.82) is 0 Å². The standard InChI is InChI=1S/C10H11.3C6H5.Sn/c1-10(7-8-10)9-5-3-2-4-6-9;3*1-2-4-6-5-3-1;/h2-7H,8H2,1H3;3*1-5H;. The molecule has 0 saturated heterocycles. The number of hydrogen-bond donors (Lipinski definition) is 0. The Bertz CT molecular complexity index is 978. The summed E-state index contributed by atoms with van der Waals surface area (Å²) in [5, 5.41) is 0. The minimum absolute atomic E-state index is 0.249. The molecule has 29 heavy (non-hydrogen) atoms. The van der Waals surface area contributed by atoms with Crippen molar-refractivity contribution in [2.24, 2.45) is 0 Å². The van der Waals surface area contributed by atoms with E-state index in [0.717, 1.165) is 0 Å². The molecule has 0 aromatic heterocycles. The summed E-state index contributed by atoms with van der Waals surface area (Å²) < 4.78 is 5.46. The van der Waals surface area contributed by atoms with Gasteiger partial charge in [-0.25, -0.2) is 0 Å². The van der Waals surface area contributed by atoms with Crippen LogP contribution in [0.2, 0.25) is 3.93 Å². The van der Waals surface area contributed by atoms with E-state index < -0.39 is 18.4 Å². The van der Waals surface area contributed by atoms with Crippen molar-refractivity contribution in [2.45, 2.75) is 22.7 Å². The van der Waals surface area contributed by atoms with Gasteiger partial charge in [-0.1, -0.05) is 0 Å². The van der Waals surface area contributed by atoms with Crippen molar-refractivity contribution >= 4 is 29.1 Å². The Morgan fingerprint density at radius 2 is 0.897 bits per heavy atom. The van der Waals surface area contributed by atoms with E-state index in [-0.39, 0.29) is 5.41 Å². The molecular formula is C28H26Sn. The Kier molecular flexibility index (Phi) is 4.83. The van der Waals surface area contributed by atoms with Gasteiger partial charge in [0.15, 0.2) is 0 Å². The Balaban J connectivity index is 1.78. The fourth-order valence-electron chi connectivity index (χ4n) is 5.34. The SMILES string of the molecule is CC1(c2ccccc2)C[CH]1[Sn]([c]1ccccc1)([c]1ccccc1)[c]1ccccc1. The van der Waals surface area contributed by atoms with E-state index in [1.54, 1.807) is 10.7 Å². The van der Waals surface area contributed by atoms with Crippen molar-refractivity contribution in [1.82, 2.24) is 0 Å². The van der Waals surface area contributed by atoms with Gasteiger partial charge in [0.05, 0.1) is 0 Å². The topological polar surface area (TPSA) is 0 Å². The second-order valence-electron chi connectivity index (χ2n) is 8.45. The van der Waals surface area contributed by atoms with Crippen LogP contribution < -0.4 is 10.7 Å². The van der Waals surface area contributed by atoms with Crippen LogP contribution in [-0.2, 0) is 5.41 Å². The molecule has 0 spiro atoms. The van der Waals surface area contributed by atoms with E-state index in [1.807, 2.05) is 0 Å². The molecule has 4 aromatic rings. The average molecular weight is 481 g/mol. The van der Waals surface area contributed by atoms with Gasteiger partial charge in [-0.2, -0.15) is 0 Å². The molecule has 0 radical (unpaired) electrons. The molecule has 1 saturated carbocycles. The summed E-state index contributed by atoms with van der Waals surface area (Å²) in [5.74, 6) is 0. The molecule has 142 valence electrons. The summed E-state index contributed by atoms with van der Waals surface area (Å²) in [5.41, 5.74) is 1.74. The van der Waals surface area contributed by atoms with Gasteiger partial charge in [0.2, 0.25) is 0 Å². The van der Waals surface area contributed by atoms with Crippen LogP contribution in [0.4, 0.5) is 0 Å². The summed E-state index contributed by atoms with van der Waals surface area (Å²) in [4.78, 5) is 0. The summed E-state index contributed by atoms with van der Waals surface area (Å²) in [6.45, 7) is 2.49. The first-order valence-corrected chi connectivity index (χ1v) is 16.4. The summed E-state index contributed by atoms with van der Waals surface area (Å²) >= 11 is -3.25. The normalized spacial score (nSPS) is 20.9. The third-order valence-corrected chi connectivity index (χ3v) is 22.9. The van der Waals surface area contributed by atoms with Crippen LogP contribution in [0, 0.1) is 0 Å². The number of rotatable bonds is 5. The molecule has 0 aliphatic heterocycles. The molecule has 1 fully saturated rings. The Morgan fingerprint density at radius 3 is 1.28 bits per heavy atom. The quantitative estimate of drug-likeness (QED) is 0.357. The van der Waals surface area contributed by atoms with Crippen LogP contribution >= 0.6 is 0 Å². The van der Waals surface area contributed by atoms with Crippen molar-refractivity contribution in [3.8, 4) is 0 Å². The first-order chi connectivity index (χ1) is 14.3. The Labute approximate surface area is 178 Å². The molecule has 0 bridgehead atoms. The van der Waals surface area contributed by atoms with Crippen molar-refractivity contribution in [3.63, 3.8) is 0 Å². The van der Waals surface area contributed by atoms with Gasteiger partial charge in [0.1, 0.15) is 0 Å². The van der Waals surface area contributed by atoms with Gasteiger partial charge in [-0.05, 0) is 0 Å². The molecule has 2 unspecified atom stereocenters. The van der Waals surface area contributed by atoms with Crippen LogP contribution in [0.25, 0.3) is 0 Å². The molecule has 1 heteroatoms.